The number of rotatable bonds is 6. The predicted octanol–water partition coefficient (Wildman–Crippen LogP) is -6.41. The first-order valence-electron chi connectivity index (χ1n) is 3.58. The Kier molecular flexibility index (Phi) is 15.2. The van der Waals surface area contributed by atoms with Crippen molar-refractivity contribution in [3.63, 3.8) is 0 Å². The quantitative estimate of drug-likeness (QED) is 0.274. The Bertz CT molecular complexity index is 302. The number of hydrogen-bond acceptors (Lipinski definition) is 6. The Balaban J connectivity index is -0.000000720. The van der Waals surface area contributed by atoms with E-state index in [0.29, 0.717) is 12.8 Å². The fraction of sp³-hybridized carbons (Fsp3) is 1.00. The van der Waals surface area contributed by atoms with Gasteiger partial charge in [0, 0.05) is 11.5 Å². The zero-order chi connectivity index (χ0) is 10.5. The van der Waals surface area contributed by atoms with E-state index in [0.717, 1.165) is 0 Å². The first-order chi connectivity index (χ1) is 5.71. The van der Waals surface area contributed by atoms with E-state index >= 15 is 0 Å². The molecule has 80 valence electrons. The Morgan fingerprint density at radius 1 is 0.867 bits per heavy atom. The van der Waals surface area contributed by atoms with Crippen molar-refractivity contribution in [1.82, 2.24) is 0 Å². The van der Waals surface area contributed by atoms with Gasteiger partial charge < -0.3 is 9.11 Å². The van der Waals surface area contributed by atoms with Crippen molar-refractivity contribution in [1.29, 1.82) is 0 Å². The van der Waals surface area contributed by atoms with Gasteiger partial charge in [-0.3, -0.25) is 4.21 Å². The van der Waals surface area contributed by atoms with Crippen LogP contribution in [0.4, 0.5) is 0 Å². The standard InChI is InChI=1S/C5H12O5S3.2Na/c6-12(7,8)4-2-1-3-5-13(9,10)11;;/h1-5H2,(H,6,7,8)(H,9,10,11);;/q;2*+1/p-2. The summed E-state index contributed by atoms with van der Waals surface area (Å²) in [5.41, 5.74) is 0. The summed E-state index contributed by atoms with van der Waals surface area (Å²) in [5, 5.41) is 0. The molecule has 0 bridgehead atoms. The first-order valence-corrected chi connectivity index (χ1v) is 7.73. The molecule has 0 rings (SSSR count). The molecular formula is C5H10Na2O5S3. The molecule has 0 aliphatic carbocycles. The number of hydrogen-bond donors (Lipinski definition) is 0. The summed E-state index contributed by atoms with van der Waals surface area (Å²) in [6.07, 6.45) is 0.884. The van der Waals surface area contributed by atoms with Crippen LogP contribution in [-0.2, 0) is 30.1 Å². The van der Waals surface area contributed by atoms with Gasteiger partial charge in [-0.15, -0.1) is 0 Å². The minimum Gasteiger partial charge on any atom is -0.769 e. The van der Waals surface area contributed by atoms with E-state index in [-0.39, 0.29) is 71.3 Å². The Labute approximate surface area is 140 Å². The van der Waals surface area contributed by atoms with Crippen molar-refractivity contribution < 1.29 is 80.8 Å². The van der Waals surface area contributed by atoms with E-state index in [1.54, 1.807) is 0 Å². The van der Waals surface area contributed by atoms with Crippen LogP contribution < -0.4 is 59.1 Å². The van der Waals surface area contributed by atoms with Crippen LogP contribution in [0.1, 0.15) is 19.3 Å². The summed E-state index contributed by atoms with van der Waals surface area (Å²) in [6.45, 7) is 0. The topological polar surface area (TPSA) is 97.3 Å². The smallest absolute Gasteiger partial charge is 0.769 e. The van der Waals surface area contributed by atoms with Crippen LogP contribution in [0.5, 0.6) is 0 Å². The molecule has 1 atom stereocenters. The average molecular weight is 292 g/mol. The van der Waals surface area contributed by atoms with E-state index in [1.165, 1.54) is 0 Å². The van der Waals surface area contributed by atoms with Gasteiger partial charge in [0.15, 0.2) is 0 Å². The summed E-state index contributed by atoms with van der Waals surface area (Å²) >= 11 is 4.10. The van der Waals surface area contributed by atoms with E-state index < -0.39 is 24.6 Å². The summed E-state index contributed by atoms with van der Waals surface area (Å²) in [7, 11) is -7.55. The van der Waals surface area contributed by atoms with Gasteiger partial charge in [-0.1, -0.05) is 6.42 Å². The zero-order valence-corrected chi connectivity index (χ0v) is 15.3. The monoisotopic (exact) mass is 292 g/mol. The van der Waals surface area contributed by atoms with Crippen molar-refractivity contribution >= 4 is 30.1 Å². The summed E-state index contributed by atoms with van der Waals surface area (Å²) in [6, 6.07) is 0. The van der Waals surface area contributed by atoms with Crippen LogP contribution in [0.2, 0.25) is 0 Å². The molecule has 0 N–H and O–H groups in total. The second-order valence-electron chi connectivity index (χ2n) is 2.58. The molecule has 0 aromatic rings. The molecule has 0 amide bonds. The largest absolute Gasteiger partial charge is 1.00 e. The van der Waals surface area contributed by atoms with Gasteiger partial charge in [-0.2, -0.15) is 0 Å². The first kappa shape index (κ1) is 22.4. The third-order valence-corrected chi connectivity index (χ3v) is 3.37. The second kappa shape index (κ2) is 10.2. The maximum absolute atomic E-state index is 10.4. The van der Waals surface area contributed by atoms with Crippen LogP contribution in [0.15, 0.2) is 0 Å². The van der Waals surface area contributed by atoms with Gasteiger partial charge in [-0.05, 0) is 32.8 Å². The van der Waals surface area contributed by atoms with Crippen molar-refractivity contribution in [3.05, 3.63) is 0 Å². The van der Waals surface area contributed by atoms with Gasteiger partial charge in [-0.25, -0.2) is 8.42 Å². The summed E-state index contributed by atoms with van der Waals surface area (Å²) < 4.78 is 51.1. The molecule has 0 spiro atoms. The predicted molar refractivity (Wildman–Crippen MR) is 49.6 cm³/mol. The van der Waals surface area contributed by atoms with Gasteiger partial charge in [0.1, 0.15) is 0 Å². The number of unbranched alkanes of at least 4 members (excludes halogenated alkanes) is 2. The van der Waals surface area contributed by atoms with Crippen LogP contribution in [0.3, 0.4) is 0 Å². The molecule has 0 saturated carbocycles. The molecule has 0 aliphatic rings. The Hall–Kier alpha value is 2.24. The van der Waals surface area contributed by atoms with Crippen molar-refractivity contribution in [2.45, 2.75) is 19.3 Å². The second-order valence-corrected chi connectivity index (χ2v) is 7.16. The minimum absolute atomic E-state index is 0. The van der Waals surface area contributed by atoms with Crippen LogP contribution >= 0.6 is 0 Å². The molecule has 0 fully saturated rings. The Morgan fingerprint density at radius 3 is 1.60 bits per heavy atom. The van der Waals surface area contributed by atoms with Crippen molar-refractivity contribution in [3.8, 4) is 0 Å². The van der Waals surface area contributed by atoms with Crippen LogP contribution in [0.25, 0.3) is 0 Å². The van der Waals surface area contributed by atoms with E-state index in [2.05, 4.69) is 11.2 Å². The third kappa shape index (κ3) is 22.0. The normalized spacial score (nSPS) is 14.5. The zero-order valence-electron chi connectivity index (χ0n) is 8.80. The van der Waals surface area contributed by atoms with Gasteiger partial charge >= 0.3 is 59.1 Å². The fourth-order valence-corrected chi connectivity index (χ4v) is 2.20. The van der Waals surface area contributed by atoms with Crippen molar-refractivity contribution in [2.75, 3.05) is 11.5 Å². The van der Waals surface area contributed by atoms with E-state index in [4.69, 9.17) is 0 Å². The van der Waals surface area contributed by atoms with Crippen molar-refractivity contribution in [2.24, 2.45) is 0 Å². The van der Waals surface area contributed by atoms with E-state index in [9.17, 15) is 21.7 Å². The van der Waals surface area contributed by atoms with Gasteiger partial charge in [0.25, 0.3) is 0 Å². The minimum atomic E-state index is -4.17. The molecule has 1 unspecified atom stereocenters. The average Bonchev–Trinajstić information content (AvgIpc) is 1.81. The molecule has 0 heterocycles. The molecule has 0 aliphatic heterocycles. The molecule has 0 aromatic heterocycles. The molecule has 10 heteroatoms. The maximum Gasteiger partial charge on any atom is 1.00 e. The fourth-order valence-electron chi connectivity index (χ4n) is 0.734. The van der Waals surface area contributed by atoms with Crippen LogP contribution in [-0.4, -0.2) is 33.2 Å². The summed E-state index contributed by atoms with van der Waals surface area (Å²) in [4.78, 5) is 0. The molecule has 15 heavy (non-hydrogen) atoms. The SMILES string of the molecule is O=S(=O)([O-])CCCCCS(=O)([O-])=S.[Na+].[Na+]. The van der Waals surface area contributed by atoms with Gasteiger partial charge in [0.05, 0.1) is 10.1 Å². The third-order valence-electron chi connectivity index (χ3n) is 1.29. The van der Waals surface area contributed by atoms with Gasteiger partial charge in [0.2, 0.25) is 0 Å². The molecule has 0 saturated heterocycles. The molecule has 0 aromatic carbocycles. The van der Waals surface area contributed by atoms with Crippen LogP contribution in [0, 0.1) is 0 Å². The molecule has 0 radical (unpaired) electrons. The maximum atomic E-state index is 10.4. The van der Waals surface area contributed by atoms with E-state index in [1.807, 2.05) is 0 Å². The summed E-state index contributed by atoms with van der Waals surface area (Å²) in [5.74, 6) is -0.578. The molecule has 5 nitrogen and oxygen atoms in total. The Morgan fingerprint density at radius 2 is 1.27 bits per heavy atom. The molecular weight excluding hydrogens is 282 g/mol.